The molecule has 2 aromatic carbocycles. The number of para-hydroxylation sites is 1. The van der Waals surface area contributed by atoms with Crippen molar-refractivity contribution in [2.45, 2.75) is 6.42 Å². The molecule has 1 unspecified atom stereocenters. The zero-order valence-electron chi connectivity index (χ0n) is 14.7. The van der Waals surface area contributed by atoms with Crippen LogP contribution in [0, 0.1) is 5.92 Å². The number of methoxy groups -OCH3 is 1. The first-order valence-electron chi connectivity index (χ1n) is 8.32. The maximum absolute atomic E-state index is 12.7. The molecule has 6 heteroatoms. The van der Waals surface area contributed by atoms with E-state index < -0.39 is 11.9 Å². The van der Waals surface area contributed by atoms with Crippen LogP contribution in [0.4, 0.5) is 11.4 Å². The van der Waals surface area contributed by atoms with Gasteiger partial charge in [0, 0.05) is 31.4 Å². The van der Waals surface area contributed by atoms with E-state index in [9.17, 15) is 14.4 Å². The van der Waals surface area contributed by atoms with E-state index in [1.165, 1.54) is 7.11 Å². The summed E-state index contributed by atoms with van der Waals surface area (Å²) in [4.78, 5) is 39.8. The number of anilines is 2. The Kier molecular flexibility index (Phi) is 5.02. The fourth-order valence-electron chi connectivity index (χ4n) is 3.07. The zero-order chi connectivity index (χ0) is 18.7. The highest BCUT2D eigenvalue weighted by atomic mass is 16.5. The highest BCUT2D eigenvalue weighted by Gasteiger charge is 2.36. The topological polar surface area (TPSA) is 66.9 Å². The van der Waals surface area contributed by atoms with Crippen LogP contribution in [-0.2, 0) is 14.3 Å². The second-order valence-electron chi connectivity index (χ2n) is 6.18. The summed E-state index contributed by atoms with van der Waals surface area (Å²) in [5.41, 5.74) is 1.88. The van der Waals surface area contributed by atoms with E-state index in [1.54, 1.807) is 41.1 Å². The first kappa shape index (κ1) is 17.7. The summed E-state index contributed by atoms with van der Waals surface area (Å²) < 4.78 is 4.67. The molecule has 1 aliphatic heterocycles. The van der Waals surface area contributed by atoms with Gasteiger partial charge in [0.05, 0.1) is 18.6 Å². The predicted molar refractivity (Wildman–Crippen MR) is 98.1 cm³/mol. The van der Waals surface area contributed by atoms with Crippen molar-refractivity contribution in [3.05, 3.63) is 60.2 Å². The number of carbonyl (C=O) groups is 3. The summed E-state index contributed by atoms with van der Waals surface area (Å²) >= 11 is 0. The van der Waals surface area contributed by atoms with Crippen molar-refractivity contribution < 1.29 is 19.1 Å². The third-order valence-corrected chi connectivity index (χ3v) is 4.55. The van der Waals surface area contributed by atoms with E-state index in [0.717, 1.165) is 5.69 Å². The first-order valence-corrected chi connectivity index (χ1v) is 8.32. The first-order chi connectivity index (χ1) is 12.5. The minimum atomic E-state index is -0.429. The molecule has 2 aromatic rings. The number of ether oxygens (including phenoxy) is 1. The third-order valence-electron chi connectivity index (χ3n) is 4.55. The molecule has 3 rings (SSSR count). The van der Waals surface area contributed by atoms with Crippen LogP contribution in [0.5, 0.6) is 0 Å². The van der Waals surface area contributed by atoms with Crippen LogP contribution in [0.1, 0.15) is 16.8 Å². The van der Waals surface area contributed by atoms with Gasteiger partial charge in [-0.3, -0.25) is 9.59 Å². The maximum atomic E-state index is 12.7. The second kappa shape index (κ2) is 7.39. The highest BCUT2D eigenvalue weighted by molar-refractivity contribution is 6.04. The Morgan fingerprint density at radius 1 is 1.08 bits per heavy atom. The van der Waals surface area contributed by atoms with E-state index in [1.807, 2.05) is 30.3 Å². The van der Waals surface area contributed by atoms with Crippen molar-refractivity contribution in [1.82, 2.24) is 0 Å². The van der Waals surface area contributed by atoms with Gasteiger partial charge >= 0.3 is 5.97 Å². The summed E-state index contributed by atoms with van der Waals surface area (Å²) in [5, 5.41) is 0. The quantitative estimate of drug-likeness (QED) is 0.793. The lowest BCUT2D eigenvalue weighted by Crippen LogP contribution is -2.34. The fraction of sp³-hybridized carbons (Fsp3) is 0.250. The number of carbonyl (C=O) groups excluding carboxylic acids is 3. The average Bonchev–Trinajstić information content (AvgIpc) is 3.08. The minimum Gasteiger partial charge on any atom is -0.465 e. The molecule has 0 aromatic heterocycles. The van der Waals surface area contributed by atoms with Crippen LogP contribution in [0.25, 0.3) is 0 Å². The van der Waals surface area contributed by atoms with Crippen LogP contribution < -0.4 is 9.80 Å². The van der Waals surface area contributed by atoms with E-state index in [0.29, 0.717) is 17.8 Å². The molecule has 0 radical (unpaired) electrons. The molecule has 1 atom stereocenters. The largest absolute Gasteiger partial charge is 0.465 e. The van der Waals surface area contributed by atoms with E-state index in [2.05, 4.69) is 4.74 Å². The molecule has 134 valence electrons. The van der Waals surface area contributed by atoms with Gasteiger partial charge in [-0.15, -0.1) is 0 Å². The molecule has 1 saturated heterocycles. The van der Waals surface area contributed by atoms with Crippen LogP contribution in [-0.4, -0.2) is 38.5 Å². The van der Waals surface area contributed by atoms with E-state index in [-0.39, 0.29) is 18.2 Å². The SMILES string of the molecule is COC(=O)c1ccc(N2CC(C(=O)N(C)c3ccccc3)CC2=O)cc1. The predicted octanol–water partition coefficient (Wildman–Crippen LogP) is 2.49. The molecular formula is C20H20N2O4. The molecule has 6 nitrogen and oxygen atoms in total. The van der Waals surface area contributed by atoms with E-state index in [4.69, 9.17) is 0 Å². The minimum absolute atomic E-state index is 0.0850. The Balaban J connectivity index is 1.72. The van der Waals surface area contributed by atoms with Gasteiger partial charge in [0.1, 0.15) is 0 Å². The van der Waals surface area contributed by atoms with Crippen molar-refractivity contribution in [2.24, 2.45) is 5.92 Å². The number of hydrogen-bond acceptors (Lipinski definition) is 4. The van der Waals surface area contributed by atoms with Gasteiger partial charge in [-0.05, 0) is 36.4 Å². The molecule has 0 saturated carbocycles. The summed E-state index contributed by atoms with van der Waals surface area (Å²) in [6, 6.07) is 16.0. The third kappa shape index (κ3) is 3.44. The molecule has 0 aliphatic carbocycles. The summed E-state index contributed by atoms with van der Waals surface area (Å²) in [7, 11) is 3.04. The number of rotatable bonds is 4. The lowest BCUT2D eigenvalue weighted by atomic mass is 10.1. The smallest absolute Gasteiger partial charge is 0.337 e. The van der Waals surface area contributed by atoms with E-state index >= 15 is 0 Å². The average molecular weight is 352 g/mol. The maximum Gasteiger partial charge on any atom is 0.337 e. The van der Waals surface area contributed by atoms with Crippen LogP contribution >= 0.6 is 0 Å². The van der Waals surface area contributed by atoms with Crippen molar-refractivity contribution in [1.29, 1.82) is 0 Å². The molecule has 0 bridgehead atoms. The Morgan fingerprint density at radius 2 is 1.73 bits per heavy atom. The molecule has 1 aliphatic rings. The molecule has 0 spiro atoms. The van der Waals surface area contributed by atoms with Crippen LogP contribution in [0.15, 0.2) is 54.6 Å². The standard InChI is InChI=1S/C20H20N2O4/c1-21(16-6-4-3-5-7-16)19(24)15-12-18(23)22(13-15)17-10-8-14(9-11-17)20(25)26-2/h3-11,15H,12-13H2,1-2H3. The lowest BCUT2D eigenvalue weighted by molar-refractivity contribution is -0.124. The Labute approximate surface area is 152 Å². The number of nitrogens with zero attached hydrogens (tertiary/aromatic N) is 2. The summed E-state index contributed by atoms with van der Waals surface area (Å²) in [6.07, 6.45) is 0.175. The fourth-order valence-corrected chi connectivity index (χ4v) is 3.07. The van der Waals surface area contributed by atoms with Gasteiger partial charge in [0.15, 0.2) is 0 Å². The molecule has 0 N–H and O–H groups in total. The second-order valence-corrected chi connectivity index (χ2v) is 6.18. The lowest BCUT2D eigenvalue weighted by Gasteiger charge is -2.21. The monoisotopic (exact) mass is 352 g/mol. The molecular weight excluding hydrogens is 332 g/mol. The Hall–Kier alpha value is -3.15. The van der Waals surface area contributed by atoms with Crippen LogP contribution in [0.2, 0.25) is 0 Å². The van der Waals surface area contributed by atoms with Crippen molar-refractivity contribution >= 4 is 29.2 Å². The van der Waals surface area contributed by atoms with Gasteiger partial charge in [-0.1, -0.05) is 18.2 Å². The van der Waals surface area contributed by atoms with Gasteiger partial charge in [0.2, 0.25) is 11.8 Å². The van der Waals surface area contributed by atoms with Crippen molar-refractivity contribution in [2.75, 3.05) is 30.5 Å². The van der Waals surface area contributed by atoms with Crippen molar-refractivity contribution in [3.8, 4) is 0 Å². The number of amides is 2. The van der Waals surface area contributed by atoms with Gasteiger partial charge in [0.25, 0.3) is 0 Å². The summed E-state index contributed by atoms with van der Waals surface area (Å²) in [6.45, 7) is 0.326. The Bertz CT molecular complexity index is 817. The highest BCUT2D eigenvalue weighted by Crippen LogP contribution is 2.27. The van der Waals surface area contributed by atoms with Crippen LogP contribution in [0.3, 0.4) is 0 Å². The molecule has 26 heavy (non-hydrogen) atoms. The number of benzene rings is 2. The van der Waals surface area contributed by atoms with Gasteiger partial charge < -0.3 is 14.5 Å². The summed E-state index contributed by atoms with van der Waals surface area (Å²) in [5.74, 6) is -1.01. The molecule has 1 heterocycles. The van der Waals surface area contributed by atoms with Gasteiger partial charge in [-0.25, -0.2) is 4.79 Å². The number of esters is 1. The zero-order valence-corrected chi connectivity index (χ0v) is 14.7. The molecule has 2 amide bonds. The van der Waals surface area contributed by atoms with Crippen molar-refractivity contribution in [3.63, 3.8) is 0 Å². The number of hydrogen-bond donors (Lipinski definition) is 0. The normalized spacial score (nSPS) is 16.5. The van der Waals surface area contributed by atoms with Gasteiger partial charge in [-0.2, -0.15) is 0 Å². The molecule has 1 fully saturated rings. The Morgan fingerprint density at radius 3 is 2.35 bits per heavy atom.